The molecule has 0 atom stereocenters. The van der Waals surface area contributed by atoms with Gasteiger partial charge in [0.05, 0.1) is 12.2 Å². The number of nitrogens with zero attached hydrogens (tertiary/aromatic N) is 2. The summed E-state index contributed by atoms with van der Waals surface area (Å²) in [7, 11) is 0. The van der Waals surface area contributed by atoms with Gasteiger partial charge in [-0.3, -0.25) is 0 Å². The smallest absolute Gasteiger partial charge is 0.404 e. The highest BCUT2D eigenvalue weighted by Crippen LogP contribution is 2.29. The Morgan fingerprint density at radius 1 is 1.11 bits per heavy atom. The lowest BCUT2D eigenvalue weighted by Gasteiger charge is -2.13. The molecule has 2 aromatic carbocycles. The standard InChI is InChI=1S/C18H15F3N4O2.HI/c19-18(20,21)26-15-9-5-4-8-14(15)24-17(22)23-11-13-10-16(27-25-13)12-6-2-1-3-7-12;/h1-10H,11H2,(H3,22,23,24);1H. The van der Waals surface area contributed by atoms with Gasteiger partial charge in [-0.15, -0.1) is 37.1 Å². The molecule has 3 aromatic rings. The molecule has 10 heteroatoms. The maximum Gasteiger partial charge on any atom is 0.573 e. The van der Waals surface area contributed by atoms with E-state index < -0.39 is 12.1 Å². The molecule has 0 saturated heterocycles. The Labute approximate surface area is 175 Å². The van der Waals surface area contributed by atoms with Crippen molar-refractivity contribution in [2.45, 2.75) is 12.9 Å². The maximum absolute atomic E-state index is 12.4. The van der Waals surface area contributed by atoms with Crippen LogP contribution in [0.2, 0.25) is 0 Å². The first kappa shape index (κ1) is 21.5. The lowest BCUT2D eigenvalue weighted by Crippen LogP contribution is -2.24. The number of benzene rings is 2. The molecule has 148 valence electrons. The molecule has 28 heavy (non-hydrogen) atoms. The van der Waals surface area contributed by atoms with Gasteiger partial charge in [-0.25, -0.2) is 4.99 Å². The summed E-state index contributed by atoms with van der Waals surface area (Å²) >= 11 is 0. The topological polar surface area (TPSA) is 85.7 Å². The molecule has 0 aliphatic heterocycles. The minimum atomic E-state index is -4.81. The van der Waals surface area contributed by atoms with E-state index in [0.29, 0.717) is 11.5 Å². The van der Waals surface area contributed by atoms with Gasteiger partial charge in [0.1, 0.15) is 5.69 Å². The highest BCUT2D eigenvalue weighted by Gasteiger charge is 2.32. The summed E-state index contributed by atoms with van der Waals surface area (Å²) in [6.07, 6.45) is -4.81. The lowest BCUT2D eigenvalue weighted by atomic mass is 10.2. The van der Waals surface area contributed by atoms with E-state index in [1.807, 2.05) is 30.3 Å². The third kappa shape index (κ3) is 6.15. The fourth-order valence-electron chi connectivity index (χ4n) is 2.25. The summed E-state index contributed by atoms with van der Waals surface area (Å²) in [6, 6.07) is 16.6. The number of rotatable bonds is 5. The Morgan fingerprint density at radius 3 is 2.50 bits per heavy atom. The van der Waals surface area contributed by atoms with Crippen LogP contribution in [0.4, 0.5) is 18.9 Å². The predicted octanol–water partition coefficient (Wildman–Crippen LogP) is 4.79. The summed E-state index contributed by atoms with van der Waals surface area (Å²) in [4.78, 5) is 4.06. The zero-order valence-electron chi connectivity index (χ0n) is 14.3. The summed E-state index contributed by atoms with van der Waals surface area (Å²) in [5, 5.41) is 6.48. The van der Waals surface area contributed by atoms with E-state index in [4.69, 9.17) is 10.3 Å². The fraction of sp³-hybridized carbons (Fsp3) is 0.111. The molecule has 0 aliphatic carbocycles. The highest BCUT2D eigenvalue weighted by molar-refractivity contribution is 14.0. The average Bonchev–Trinajstić information content (AvgIpc) is 3.10. The number of anilines is 1. The van der Waals surface area contributed by atoms with E-state index in [-0.39, 0.29) is 42.2 Å². The predicted molar refractivity (Wildman–Crippen MR) is 109 cm³/mol. The number of nitrogens with one attached hydrogen (secondary N) is 1. The first-order chi connectivity index (χ1) is 12.9. The van der Waals surface area contributed by atoms with Crippen LogP contribution in [-0.4, -0.2) is 17.5 Å². The molecule has 0 bridgehead atoms. The van der Waals surface area contributed by atoms with Crippen molar-refractivity contribution in [1.82, 2.24) is 5.16 Å². The van der Waals surface area contributed by atoms with Crippen LogP contribution in [-0.2, 0) is 6.54 Å². The third-order valence-electron chi connectivity index (χ3n) is 3.40. The van der Waals surface area contributed by atoms with Crippen molar-refractivity contribution < 1.29 is 22.4 Å². The van der Waals surface area contributed by atoms with Crippen molar-refractivity contribution in [3.05, 3.63) is 66.4 Å². The molecule has 0 spiro atoms. The van der Waals surface area contributed by atoms with Crippen LogP contribution in [0, 0.1) is 0 Å². The number of hydrogen-bond donors (Lipinski definition) is 2. The molecule has 1 aromatic heterocycles. The number of guanidine groups is 1. The minimum absolute atomic E-state index is 0. The van der Waals surface area contributed by atoms with Crippen molar-refractivity contribution in [2.24, 2.45) is 10.7 Å². The summed E-state index contributed by atoms with van der Waals surface area (Å²) in [5.74, 6) is 0.0877. The van der Waals surface area contributed by atoms with Gasteiger partial charge in [-0.1, -0.05) is 47.6 Å². The number of ether oxygens (including phenoxy) is 1. The number of aromatic nitrogens is 1. The first-order valence-corrected chi connectivity index (χ1v) is 7.83. The third-order valence-corrected chi connectivity index (χ3v) is 3.40. The molecular formula is C18H16F3IN4O2. The number of para-hydroxylation sites is 2. The van der Waals surface area contributed by atoms with Crippen LogP contribution in [0.15, 0.2) is 70.2 Å². The van der Waals surface area contributed by atoms with Crippen LogP contribution in [0.3, 0.4) is 0 Å². The van der Waals surface area contributed by atoms with Crippen molar-refractivity contribution in [2.75, 3.05) is 5.32 Å². The summed E-state index contributed by atoms with van der Waals surface area (Å²) < 4.78 is 46.5. The van der Waals surface area contributed by atoms with E-state index in [0.717, 1.165) is 5.56 Å². The highest BCUT2D eigenvalue weighted by atomic mass is 127. The number of hydrogen-bond acceptors (Lipinski definition) is 4. The molecule has 3 N–H and O–H groups in total. The Bertz CT molecular complexity index is 930. The fourth-order valence-corrected chi connectivity index (χ4v) is 2.25. The number of halogens is 4. The summed E-state index contributed by atoms with van der Waals surface area (Å²) in [5.41, 5.74) is 7.18. The Hall–Kier alpha value is -2.76. The van der Waals surface area contributed by atoms with Gasteiger partial charge in [0, 0.05) is 11.6 Å². The summed E-state index contributed by atoms with van der Waals surface area (Å²) in [6.45, 7) is 0.0947. The van der Waals surface area contributed by atoms with Crippen LogP contribution in [0.1, 0.15) is 5.69 Å². The zero-order chi connectivity index (χ0) is 19.3. The van der Waals surface area contributed by atoms with Gasteiger partial charge in [0.2, 0.25) is 0 Å². The monoisotopic (exact) mass is 504 g/mol. The first-order valence-electron chi connectivity index (χ1n) is 7.83. The molecule has 0 unspecified atom stereocenters. The Kier molecular flexibility index (Phi) is 7.26. The molecule has 1 heterocycles. The van der Waals surface area contributed by atoms with Crippen LogP contribution < -0.4 is 15.8 Å². The van der Waals surface area contributed by atoms with Gasteiger partial charge in [-0.05, 0) is 12.1 Å². The number of aliphatic imine (C=N–C) groups is 1. The second-order valence-corrected chi connectivity index (χ2v) is 5.42. The average molecular weight is 504 g/mol. The van der Waals surface area contributed by atoms with Gasteiger partial charge >= 0.3 is 6.36 Å². The molecule has 0 saturated carbocycles. The second kappa shape index (κ2) is 9.44. The van der Waals surface area contributed by atoms with E-state index in [1.54, 1.807) is 12.1 Å². The molecule has 0 amide bonds. The number of alkyl halides is 3. The van der Waals surface area contributed by atoms with Crippen LogP contribution in [0.5, 0.6) is 5.75 Å². The minimum Gasteiger partial charge on any atom is -0.404 e. The zero-order valence-corrected chi connectivity index (χ0v) is 16.6. The van der Waals surface area contributed by atoms with Gasteiger partial charge in [-0.2, -0.15) is 0 Å². The van der Waals surface area contributed by atoms with Crippen molar-refractivity contribution in [3.8, 4) is 17.1 Å². The van der Waals surface area contributed by atoms with Crippen LogP contribution in [0.25, 0.3) is 11.3 Å². The molecule has 6 nitrogen and oxygen atoms in total. The molecule has 0 fully saturated rings. The lowest BCUT2D eigenvalue weighted by molar-refractivity contribution is -0.274. The molecule has 0 radical (unpaired) electrons. The van der Waals surface area contributed by atoms with Crippen LogP contribution >= 0.6 is 24.0 Å². The second-order valence-electron chi connectivity index (χ2n) is 5.42. The van der Waals surface area contributed by atoms with Crippen molar-refractivity contribution >= 4 is 35.6 Å². The molecule has 3 rings (SSSR count). The molecule has 0 aliphatic rings. The molecular weight excluding hydrogens is 488 g/mol. The maximum atomic E-state index is 12.4. The Balaban J connectivity index is 0.00000280. The quantitative estimate of drug-likeness (QED) is 0.297. The van der Waals surface area contributed by atoms with E-state index in [2.05, 4.69) is 20.2 Å². The SMILES string of the molecule is I.NC(=NCc1cc(-c2ccccc2)on1)Nc1ccccc1OC(F)(F)F. The Morgan fingerprint density at radius 2 is 1.79 bits per heavy atom. The van der Waals surface area contributed by atoms with E-state index in [9.17, 15) is 13.2 Å². The van der Waals surface area contributed by atoms with E-state index in [1.165, 1.54) is 18.2 Å². The van der Waals surface area contributed by atoms with E-state index >= 15 is 0 Å². The normalized spacial score (nSPS) is 11.6. The van der Waals surface area contributed by atoms with Gasteiger partial charge < -0.3 is 20.3 Å². The van der Waals surface area contributed by atoms with Crippen molar-refractivity contribution in [3.63, 3.8) is 0 Å². The largest absolute Gasteiger partial charge is 0.573 e. The van der Waals surface area contributed by atoms with Gasteiger partial charge in [0.25, 0.3) is 0 Å². The number of nitrogens with two attached hydrogens (primary N) is 1. The van der Waals surface area contributed by atoms with Gasteiger partial charge in [0.15, 0.2) is 17.5 Å². The van der Waals surface area contributed by atoms with Crippen molar-refractivity contribution in [1.29, 1.82) is 0 Å².